The number of rotatable bonds is 4. The molecular weight excluding hydrogens is 407 g/mol. The molecule has 2 heterocycles. The molecular formula is C22H18F3N5O. The number of anilines is 2. The van der Waals surface area contributed by atoms with E-state index in [4.69, 9.17) is 5.73 Å². The lowest BCUT2D eigenvalue weighted by atomic mass is 10.1. The number of pyridine rings is 1. The summed E-state index contributed by atoms with van der Waals surface area (Å²) in [5.41, 5.74) is 11.1. The van der Waals surface area contributed by atoms with Gasteiger partial charge in [0.15, 0.2) is 0 Å². The smallest absolute Gasteiger partial charge is 0.398 e. The number of nitrogen functional groups attached to an aromatic ring is 1. The number of carbonyl (C=O) groups excluding carboxylic acids is 1. The standard InChI is InChI=1S/C22H18F3N5O/c23-22(24,25)13-28-21(31)29-16-5-3-4-15(10-16)19-12-27-20-11-14(8-9-30(19)20)17-6-1-2-7-18(17)26/h1-12H,13,26H2,(H2,28,29,31). The molecule has 2 aromatic heterocycles. The third-order valence-corrected chi connectivity index (χ3v) is 4.65. The van der Waals surface area contributed by atoms with Crippen LogP contribution in [0.1, 0.15) is 0 Å². The lowest BCUT2D eigenvalue weighted by molar-refractivity contribution is -0.122. The van der Waals surface area contributed by atoms with Crippen molar-refractivity contribution in [2.75, 3.05) is 17.6 Å². The van der Waals surface area contributed by atoms with Crippen LogP contribution in [0, 0.1) is 0 Å². The zero-order valence-electron chi connectivity index (χ0n) is 16.1. The number of urea groups is 1. The Morgan fingerprint density at radius 1 is 1.03 bits per heavy atom. The van der Waals surface area contributed by atoms with Crippen LogP contribution in [0.15, 0.2) is 73.1 Å². The number of para-hydroxylation sites is 1. The molecule has 0 bridgehead atoms. The Morgan fingerprint density at radius 2 is 1.84 bits per heavy atom. The lowest BCUT2D eigenvalue weighted by Gasteiger charge is -2.11. The maximum absolute atomic E-state index is 12.3. The normalized spacial score (nSPS) is 11.5. The first-order valence-corrected chi connectivity index (χ1v) is 9.34. The molecule has 0 radical (unpaired) electrons. The number of alkyl halides is 3. The lowest BCUT2D eigenvalue weighted by Crippen LogP contribution is -2.36. The fraction of sp³-hybridized carbons (Fsp3) is 0.0909. The second-order valence-corrected chi connectivity index (χ2v) is 6.88. The number of aromatic nitrogens is 2. The summed E-state index contributed by atoms with van der Waals surface area (Å²) in [5, 5.41) is 4.19. The molecule has 2 aromatic carbocycles. The summed E-state index contributed by atoms with van der Waals surface area (Å²) in [4.78, 5) is 16.2. The van der Waals surface area contributed by atoms with E-state index >= 15 is 0 Å². The zero-order chi connectivity index (χ0) is 22.0. The quantitative estimate of drug-likeness (QED) is 0.405. The maximum Gasteiger partial charge on any atom is 0.405 e. The van der Waals surface area contributed by atoms with Crippen molar-refractivity contribution in [3.63, 3.8) is 0 Å². The van der Waals surface area contributed by atoms with Crippen LogP contribution in [0.2, 0.25) is 0 Å². The minimum atomic E-state index is -4.47. The molecule has 0 unspecified atom stereocenters. The van der Waals surface area contributed by atoms with Gasteiger partial charge in [-0.2, -0.15) is 13.2 Å². The molecule has 6 nitrogen and oxygen atoms in total. The van der Waals surface area contributed by atoms with Crippen molar-refractivity contribution >= 4 is 23.1 Å². The van der Waals surface area contributed by atoms with Crippen LogP contribution < -0.4 is 16.4 Å². The number of nitrogens with zero attached hydrogens (tertiary/aromatic N) is 2. The largest absolute Gasteiger partial charge is 0.405 e. The monoisotopic (exact) mass is 425 g/mol. The highest BCUT2D eigenvalue weighted by Crippen LogP contribution is 2.29. The summed E-state index contributed by atoms with van der Waals surface area (Å²) < 4.78 is 38.6. The average Bonchev–Trinajstić information content (AvgIpc) is 3.16. The van der Waals surface area contributed by atoms with Gasteiger partial charge in [-0.1, -0.05) is 30.3 Å². The zero-order valence-corrected chi connectivity index (χ0v) is 16.1. The second-order valence-electron chi connectivity index (χ2n) is 6.88. The molecule has 2 amide bonds. The number of hydrogen-bond donors (Lipinski definition) is 3. The van der Waals surface area contributed by atoms with E-state index in [1.165, 1.54) is 0 Å². The Balaban J connectivity index is 1.59. The van der Waals surface area contributed by atoms with Gasteiger partial charge in [0.05, 0.1) is 11.9 Å². The van der Waals surface area contributed by atoms with E-state index in [0.29, 0.717) is 17.0 Å². The van der Waals surface area contributed by atoms with Gasteiger partial charge in [0.25, 0.3) is 0 Å². The van der Waals surface area contributed by atoms with Gasteiger partial charge in [0.1, 0.15) is 12.2 Å². The Labute approximate surface area is 175 Å². The van der Waals surface area contributed by atoms with E-state index < -0.39 is 18.8 Å². The van der Waals surface area contributed by atoms with Gasteiger partial charge in [-0.25, -0.2) is 9.78 Å². The number of hydrogen-bond acceptors (Lipinski definition) is 3. The molecule has 0 fully saturated rings. The summed E-state index contributed by atoms with van der Waals surface area (Å²) in [6, 6.07) is 17.3. The maximum atomic E-state index is 12.3. The highest BCUT2D eigenvalue weighted by atomic mass is 19.4. The summed E-state index contributed by atoms with van der Waals surface area (Å²) in [7, 11) is 0. The van der Waals surface area contributed by atoms with Crippen LogP contribution in [0.5, 0.6) is 0 Å². The van der Waals surface area contributed by atoms with Crippen molar-refractivity contribution in [1.29, 1.82) is 0 Å². The molecule has 31 heavy (non-hydrogen) atoms. The topological polar surface area (TPSA) is 84.5 Å². The van der Waals surface area contributed by atoms with E-state index in [1.54, 1.807) is 29.7 Å². The highest BCUT2D eigenvalue weighted by Gasteiger charge is 2.27. The Hall–Kier alpha value is -4.01. The molecule has 0 atom stereocenters. The van der Waals surface area contributed by atoms with E-state index in [2.05, 4.69) is 10.3 Å². The molecule has 158 valence electrons. The van der Waals surface area contributed by atoms with Gasteiger partial charge in [0.2, 0.25) is 0 Å². The number of nitrogens with one attached hydrogen (secondary N) is 2. The fourth-order valence-corrected chi connectivity index (χ4v) is 3.23. The van der Waals surface area contributed by atoms with Crippen molar-refractivity contribution in [3.05, 3.63) is 73.1 Å². The number of halogens is 3. The summed E-state index contributed by atoms with van der Waals surface area (Å²) in [6.07, 6.45) is -0.912. The molecule has 0 saturated heterocycles. The van der Waals surface area contributed by atoms with E-state index in [1.807, 2.05) is 53.1 Å². The Kier molecular flexibility index (Phi) is 5.24. The first kappa shape index (κ1) is 20.3. The molecule has 0 aliphatic heterocycles. The van der Waals surface area contributed by atoms with Crippen LogP contribution in [0.4, 0.5) is 29.3 Å². The summed E-state index contributed by atoms with van der Waals surface area (Å²) in [5.74, 6) is 0. The summed E-state index contributed by atoms with van der Waals surface area (Å²) >= 11 is 0. The van der Waals surface area contributed by atoms with Gasteiger partial charge in [-0.15, -0.1) is 0 Å². The summed E-state index contributed by atoms with van der Waals surface area (Å²) in [6.45, 7) is -1.40. The molecule has 0 aliphatic rings. The number of carbonyl (C=O) groups is 1. The molecule has 4 rings (SSSR count). The number of fused-ring (bicyclic) bond motifs is 1. The number of benzene rings is 2. The first-order chi connectivity index (χ1) is 14.8. The first-order valence-electron chi connectivity index (χ1n) is 9.34. The number of nitrogens with two attached hydrogens (primary N) is 1. The predicted molar refractivity (Wildman–Crippen MR) is 114 cm³/mol. The SMILES string of the molecule is Nc1ccccc1-c1ccn2c(-c3cccc(NC(=O)NCC(F)(F)F)c3)cnc2c1. The van der Waals surface area contributed by atoms with Gasteiger partial charge < -0.3 is 16.4 Å². The third-order valence-electron chi connectivity index (χ3n) is 4.65. The number of amides is 2. The minimum Gasteiger partial charge on any atom is -0.398 e. The van der Waals surface area contributed by atoms with Gasteiger partial charge in [-0.3, -0.25) is 4.40 Å². The second kappa shape index (κ2) is 8.02. The van der Waals surface area contributed by atoms with Crippen molar-refractivity contribution in [2.24, 2.45) is 0 Å². The van der Waals surface area contributed by atoms with Crippen LogP contribution in [-0.4, -0.2) is 28.1 Å². The van der Waals surface area contributed by atoms with E-state index in [0.717, 1.165) is 22.4 Å². The fourth-order valence-electron chi connectivity index (χ4n) is 3.23. The average molecular weight is 425 g/mol. The van der Waals surface area contributed by atoms with Gasteiger partial charge >= 0.3 is 12.2 Å². The van der Waals surface area contributed by atoms with Gasteiger partial charge in [0, 0.05) is 28.7 Å². The van der Waals surface area contributed by atoms with Crippen molar-refractivity contribution in [2.45, 2.75) is 6.18 Å². The number of imidazole rings is 1. The molecule has 0 saturated carbocycles. The molecule has 0 spiro atoms. The van der Waals surface area contributed by atoms with Crippen molar-refractivity contribution in [3.8, 4) is 22.4 Å². The van der Waals surface area contributed by atoms with Crippen LogP contribution in [0.25, 0.3) is 28.0 Å². The molecule has 0 aliphatic carbocycles. The van der Waals surface area contributed by atoms with Crippen molar-refractivity contribution < 1.29 is 18.0 Å². The van der Waals surface area contributed by atoms with Crippen molar-refractivity contribution in [1.82, 2.24) is 14.7 Å². The minimum absolute atomic E-state index is 0.362. The van der Waals surface area contributed by atoms with E-state index in [9.17, 15) is 18.0 Å². The molecule has 9 heteroatoms. The molecule has 4 N–H and O–H groups in total. The van der Waals surface area contributed by atoms with E-state index in [-0.39, 0.29) is 0 Å². The Bertz CT molecular complexity index is 1250. The van der Waals surface area contributed by atoms with Crippen LogP contribution >= 0.6 is 0 Å². The Morgan fingerprint density at radius 3 is 2.61 bits per heavy atom. The predicted octanol–water partition coefficient (Wildman–Crippen LogP) is 4.93. The van der Waals surface area contributed by atoms with Gasteiger partial charge in [-0.05, 0) is 35.9 Å². The highest BCUT2D eigenvalue weighted by molar-refractivity contribution is 5.90. The third kappa shape index (κ3) is 4.61. The molecule has 4 aromatic rings. The van der Waals surface area contributed by atoms with Crippen LogP contribution in [-0.2, 0) is 0 Å². The van der Waals surface area contributed by atoms with Crippen LogP contribution in [0.3, 0.4) is 0 Å².